The third-order valence-corrected chi connectivity index (χ3v) is 4.37. The minimum Gasteiger partial charge on any atom is -0.330 e. The van der Waals surface area contributed by atoms with Gasteiger partial charge in [-0.15, -0.1) is 0 Å². The van der Waals surface area contributed by atoms with Gasteiger partial charge in [0, 0.05) is 18.1 Å². The molecule has 2 N–H and O–H groups in total. The van der Waals surface area contributed by atoms with Crippen molar-refractivity contribution in [3.8, 4) is 0 Å². The Morgan fingerprint density at radius 2 is 1.92 bits per heavy atom. The molecule has 3 rings (SSSR count). The Balaban J connectivity index is 1.50. The molecule has 1 amide bonds. The summed E-state index contributed by atoms with van der Waals surface area (Å²) in [6, 6.07) is 7.90. The minimum atomic E-state index is 0.0707. The number of anilines is 2. The monoisotopic (exact) mass is 326 g/mol. The molecule has 1 aliphatic rings. The van der Waals surface area contributed by atoms with Crippen LogP contribution in [0.4, 0.5) is 11.6 Å². The van der Waals surface area contributed by atoms with Crippen LogP contribution in [0.2, 0.25) is 0 Å². The second kappa shape index (κ2) is 7.40. The van der Waals surface area contributed by atoms with Crippen molar-refractivity contribution in [1.82, 2.24) is 9.97 Å². The Bertz CT molecular complexity index is 696. The van der Waals surface area contributed by atoms with Crippen LogP contribution in [0.1, 0.15) is 11.1 Å². The molecule has 0 atom stereocenters. The van der Waals surface area contributed by atoms with Gasteiger partial charge in [0.05, 0.1) is 26.2 Å². The van der Waals surface area contributed by atoms with Crippen molar-refractivity contribution >= 4 is 17.5 Å². The van der Waals surface area contributed by atoms with E-state index >= 15 is 0 Å². The van der Waals surface area contributed by atoms with Crippen molar-refractivity contribution in [1.29, 1.82) is 0 Å². The maximum absolute atomic E-state index is 12.3. The third kappa shape index (κ3) is 4.08. The summed E-state index contributed by atoms with van der Waals surface area (Å²) in [7, 11) is 0. The van der Waals surface area contributed by atoms with Gasteiger partial charge in [0.1, 0.15) is 0 Å². The minimum absolute atomic E-state index is 0.0707. The topological polar surface area (TPSA) is 62.6 Å². The van der Waals surface area contributed by atoms with Gasteiger partial charge >= 0.3 is 0 Å². The van der Waals surface area contributed by atoms with Crippen LogP contribution in [0.15, 0.2) is 36.7 Å². The van der Waals surface area contributed by atoms with Gasteiger partial charge in [-0.25, -0.2) is 9.97 Å². The first-order valence-corrected chi connectivity index (χ1v) is 8.34. The zero-order valence-corrected chi connectivity index (χ0v) is 14.2. The van der Waals surface area contributed by atoms with Gasteiger partial charge in [0.2, 0.25) is 5.95 Å². The van der Waals surface area contributed by atoms with E-state index in [1.54, 1.807) is 12.4 Å². The number of hydrogen-bond donors (Lipinski definition) is 2. The zero-order valence-electron chi connectivity index (χ0n) is 14.2. The van der Waals surface area contributed by atoms with Gasteiger partial charge in [-0.3, -0.25) is 4.79 Å². The fraction of sp³-hybridized carbons (Fsp3) is 0.389. The SMILES string of the molecule is Cc1ccc(NC(=O)C[NH+]2CCN(c3ncccn3)CC2)c(C)c1. The highest BCUT2D eigenvalue weighted by Gasteiger charge is 2.23. The molecule has 24 heavy (non-hydrogen) atoms. The van der Waals surface area contributed by atoms with E-state index in [1.807, 2.05) is 25.1 Å². The second-order valence-electron chi connectivity index (χ2n) is 6.33. The zero-order chi connectivity index (χ0) is 16.9. The van der Waals surface area contributed by atoms with E-state index in [9.17, 15) is 4.79 Å². The predicted octanol–water partition coefficient (Wildman–Crippen LogP) is 0.437. The molecule has 6 nitrogen and oxygen atoms in total. The maximum Gasteiger partial charge on any atom is 0.279 e. The molecule has 0 saturated carbocycles. The Morgan fingerprint density at radius 1 is 1.21 bits per heavy atom. The van der Waals surface area contributed by atoms with Crippen molar-refractivity contribution in [3.05, 3.63) is 47.8 Å². The Morgan fingerprint density at radius 3 is 2.58 bits per heavy atom. The van der Waals surface area contributed by atoms with Crippen LogP contribution >= 0.6 is 0 Å². The fourth-order valence-corrected chi connectivity index (χ4v) is 3.03. The van der Waals surface area contributed by atoms with Crippen molar-refractivity contribution in [2.24, 2.45) is 0 Å². The molecule has 2 heterocycles. The lowest BCUT2D eigenvalue weighted by molar-refractivity contribution is -0.892. The molecule has 1 aromatic heterocycles. The van der Waals surface area contributed by atoms with Crippen LogP contribution in [-0.4, -0.2) is 48.6 Å². The van der Waals surface area contributed by atoms with E-state index in [-0.39, 0.29) is 5.91 Å². The lowest BCUT2D eigenvalue weighted by Crippen LogP contribution is -3.15. The van der Waals surface area contributed by atoms with Crippen LogP contribution in [0, 0.1) is 13.8 Å². The number of amides is 1. The molecule has 126 valence electrons. The number of hydrogen-bond acceptors (Lipinski definition) is 4. The Hall–Kier alpha value is -2.47. The normalized spacial score (nSPS) is 15.3. The highest BCUT2D eigenvalue weighted by molar-refractivity contribution is 5.92. The van der Waals surface area contributed by atoms with E-state index in [0.29, 0.717) is 6.54 Å². The maximum atomic E-state index is 12.3. The number of carbonyl (C=O) groups is 1. The number of benzene rings is 1. The third-order valence-electron chi connectivity index (χ3n) is 4.37. The molecule has 2 aromatic rings. The fourth-order valence-electron chi connectivity index (χ4n) is 3.03. The molecule has 0 aliphatic carbocycles. The average molecular weight is 326 g/mol. The number of aryl methyl sites for hydroxylation is 2. The first-order chi connectivity index (χ1) is 11.6. The quantitative estimate of drug-likeness (QED) is 0.856. The molecule has 6 heteroatoms. The van der Waals surface area contributed by atoms with Crippen LogP contribution in [0.25, 0.3) is 0 Å². The number of nitrogens with one attached hydrogen (secondary N) is 2. The summed E-state index contributed by atoms with van der Waals surface area (Å²) in [4.78, 5) is 24.3. The van der Waals surface area contributed by atoms with Gasteiger partial charge in [-0.05, 0) is 31.5 Å². The summed E-state index contributed by atoms with van der Waals surface area (Å²) in [6.07, 6.45) is 3.53. The summed E-state index contributed by atoms with van der Waals surface area (Å²) >= 11 is 0. The van der Waals surface area contributed by atoms with Gasteiger partial charge in [0.25, 0.3) is 5.91 Å². The van der Waals surface area contributed by atoms with E-state index in [2.05, 4.69) is 33.2 Å². The first-order valence-electron chi connectivity index (χ1n) is 8.34. The van der Waals surface area contributed by atoms with Crippen molar-refractivity contribution in [3.63, 3.8) is 0 Å². The van der Waals surface area contributed by atoms with Crippen LogP contribution in [0.5, 0.6) is 0 Å². The number of quaternary nitrogens is 1. The lowest BCUT2D eigenvalue weighted by atomic mass is 10.1. The average Bonchev–Trinajstić information content (AvgIpc) is 2.59. The number of nitrogens with zero attached hydrogens (tertiary/aromatic N) is 3. The van der Waals surface area contributed by atoms with Gasteiger partial charge < -0.3 is 15.1 Å². The first kappa shape index (κ1) is 16.4. The van der Waals surface area contributed by atoms with Gasteiger partial charge in [-0.2, -0.15) is 0 Å². The van der Waals surface area contributed by atoms with Crippen molar-refractivity contribution < 1.29 is 9.69 Å². The predicted molar refractivity (Wildman–Crippen MR) is 94.4 cm³/mol. The van der Waals surface area contributed by atoms with E-state index < -0.39 is 0 Å². The summed E-state index contributed by atoms with van der Waals surface area (Å²) in [5.41, 5.74) is 3.21. The Kier molecular flexibility index (Phi) is 5.05. The van der Waals surface area contributed by atoms with E-state index in [1.165, 1.54) is 10.5 Å². The lowest BCUT2D eigenvalue weighted by Gasteiger charge is -2.31. The van der Waals surface area contributed by atoms with Crippen LogP contribution < -0.4 is 15.1 Å². The molecule has 1 aromatic carbocycles. The number of piperazine rings is 1. The van der Waals surface area contributed by atoms with Gasteiger partial charge in [-0.1, -0.05) is 17.7 Å². The highest BCUT2D eigenvalue weighted by atomic mass is 16.2. The van der Waals surface area contributed by atoms with Gasteiger partial charge in [0.15, 0.2) is 6.54 Å². The largest absolute Gasteiger partial charge is 0.330 e. The standard InChI is InChI=1S/C18H23N5O/c1-14-4-5-16(15(2)12-14)21-17(24)13-22-8-10-23(11-9-22)18-19-6-3-7-20-18/h3-7,12H,8-11,13H2,1-2H3,(H,21,24)/p+1. The molecule has 0 spiro atoms. The smallest absolute Gasteiger partial charge is 0.279 e. The number of carbonyl (C=O) groups excluding carboxylic acids is 1. The molecule has 0 unspecified atom stereocenters. The van der Waals surface area contributed by atoms with Crippen molar-refractivity contribution in [2.75, 3.05) is 42.9 Å². The molecule has 1 saturated heterocycles. The molecule has 1 fully saturated rings. The second-order valence-corrected chi connectivity index (χ2v) is 6.33. The van der Waals surface area contributed by atoms with Crippen LogP contribution in [-0.2, 0) is 4.79 Å². The summed E-state index contributed by atoms with van der Waals surface area (Å²) in [5.74, 6) is 0.845. The van der Waals surface area contributed by atoms with E-state index in [4.69, 9.17) is 0 Å². The number of aromatic nitrogens is 2. The van der Waals surface area contributed by atoms with E-state index in [0.717, 1.165) is 43.4 Å². The van der Waals surface area contributed by atoms with Crippen LogP contribution in [0.3, 0.4) is 0 Å². The Labute approximate surface area is 142 Å². The summed E-state index contributed by atoms with van der Waals surface area (Å²) in [6.45, 7) is 8.15. The molecular formula is C18H24N5O+. The molecule has 0 radical (unpaired) electrons. The molecule has 1 aliphatic heterocycles. The summed E-state index contributed by atoms with van der Waals surface area (Å²) < 4.78 is 0. The molecule has 0 bridgehead atoms. The highest BCUT2D eigenvalue weighted by Crippen LogP contribution is 2.15. The van der Waals surface area contributed by atoms with Crippen molar-refractivity contribution in [2.45, 2.75) is 13.8 Å². The number of rotatable bonds is 4. The summed E-state index contributed by atoms with van der Waals surface area (Å²) in [5, 5.41) is 3.03. The molecular weight excluding hydrogens is 302 g/mol.